The molecule has 0 aliphatic heterocycles. The van der Waals surface area contributed by atoms with Gasteiger partial charge in [-0.15, -0.1) is 11.3 Å². The van der Waals surface area contributed by atoms with Crippen molar-refractivity contribution >= 4 is 28.3 Å². The van der Waals surface area contributed by atoms with Crippen LogP contribution in [-0.2, 0) is 11.2 Å². The van der Waals surface area contributed by atoms with Gasteiger partial charge in [-0.2, -0.15) is 0 Å². The molecule has 2 aromatic rings. The largest absolute Gasteiger partial charge is 0.497 e. The van der Waals surface area contributed by atoms with Crippen molar-refractivity contribution in [3.8, 4) is 5.75 Å². The summed E-state index contributed by atoms with van der Waals surface area (Å²) in [4.78, 5) is 26.6. The van der Waals surface area contributed by atoms with Gasteiger partial charge in [0.15, 0.2) is 5.13 Å². The molecule has 2 rings (SSSR count). The first kappa shape index (κ1) is 14.0. The first-order chi connectivity index (χ1) is 9.58. The van der Waals surface area contributed by atoms with Crippen molar-refractivity contribution in [3.05, 3.63) is 40.9 Å². The Kier molecular flexibility index (Phi) is 4.31. The molecule has 104 valence electrons. The fourth-order valence-electron chi connectivity index (χ4n) is 1.53. The molecule has 0 unspecified atom stereocenters. The molecule has 6 nitrogen and oxygen atoms in total. The zero-order valence-electron chi connectivity index (χ0n) is 10.6. The molecule has 1 aromatic carbocycles. The number of benzene rings is 1. The van der Waals surface area contributed by atoms with Gasteiger partial charge < -0.3 is 9.84 Å². The van der Waals surface area contributed by atoms with E-state index in [1.807, 2.05) is 0 Å². The van der Waals surface area contributed by atoms with Crippen molar-refractivity contribution < 1.29 is 19.4 Å². The molecule has 0 radical (unpaired) electrons. The third-order valence-corrected chi connectivity index (χ3v) is 3.24. The van der Waals surface area contributed by atoms with Crippen molar-refractivity contribution in [1.29, 1.82) is 0 Å². The van der Waals surface area contributed by atoms with E-state index in [1.165, 1.54) is 18.4 Å². The smallest absolute Gasteiger partial charge is 0.309 e. The van der Waals surface area contributed by atoms with Gasteiger partial charge in [0.05, 0.1) is 19.2 Å². The molecule has 0 aliphatic rings. The molecule has 1 heterocycles. The predicted octanol–water partition coefficient (Wildman–Crippen LogP) is 2.03. The number of aliphatic carboxylic acids is 1. The quantitative estimate of drug-likeness (QED) is 0.880. The van der Waals surface area contributed by atoms with Crippen molar-refractivity contribution in [3.63, 3.8) is 0 Å². The van der Waals surface area contributed by atoms with Crippen molar-refractivity contribution in [2.45, 2.75) is 6.42 Å². The lowest BCUT2D eigenvalue weighted by Gasteiger charge is -2.04. The van der Waals surface area contributed by atoms with Gasteiger partial charge in [0.25, 0.3) is 5.91 Å². The summed E-state index contributed by atoms with van der Waals surface area (Å²) in [7, 11) is 1.52. The number of carbonyl (C=O) groups is 2. The number of carbonyl (C=O) groups excluding carboxylic acids is 1. The van der Waals surface area contributed by atoms with Gasteiger partial charge in [-0.1, -0.05) is 6.07 Å². The minimum atomic E-state index is -0.957. The molecule has 1 amide bonds. The standard InChI is InChI=1S/C13H12N2O4S/c1-19-10-4-2-3-8(5-10)12(18)15-13-14-9(7-20-13)6-11(16)17/h2-5,7H,6H2,1H3,(H,16,17)(H,14,15,18). The van der Waals surface area contributed by atoms with Crippen LogP contribution in [0.25, 0.3) is 0 Å². The van der Waals surface area contributed by atoms with E-state index in [2.05, 4.69) is 10.3 Å². The number of ether oxygens (including phenoxy) is 1. The average molecular weight is 292 g/mol. The van der Waals surface area contributed by atoms with Crippen molar-refractivity contribution in [2.24, 2.45) is 0 Å². The van der Waals surface area contributed by atoms with Crippen LogP contribution >= 0.6 is 11.3 Å². The first-order valence-electron chi connectivity index (χ1n) is 5.70. The minimum absolute atomic E-state index is 0.161. The fourth-order valence-corrected chi connectivity index (χ4v) is 2.24. The second-order valence-electron chi connectivity index (χ2n) is 3.90. The molecule has 0 bridgehead atoms. The van der Waals surface area contributed by atoms with Gasteiger partial charge in [0, 0.05) is 10.9 Å². The number of rotatable bonds is 5. The number of aromatic nitrogens is 1. The number of thiazole rings is 1. The van der Waals surface area contributed by atoms with E-state index in [0.29, 0.717) is 22.1 Å². The normalized spacial score (nSPS) is 10.1. The van der Waals surface area contributed by atoms with Crippen molar-refractivity contribution in [2.75, 3.05) is 12.4 Å². The Morgan fingerprint density at radius 3 is 2.95 bits per heavy atom. The number of carboxylic acids is 1. The van der Waals surface area contributed by atoms with Crippen LogP contribution in [0.2, 0.25) is 0 Å². The highest BCUT2D eigenvalue weighted by molar-refractivity contribution is 7.14. The second-order valence-corrected chi connectivity index (χ2v) is 4.76. The van der Waals surface area contributed by atoms with Gasteiger partial charge in [-0.05, 0) is 18.2 Å². The number of anilines is 1. The lowest BCUT2D eigenvalue weighted by atomic mass is 10.2. The zero-order chi connectivity index (χ0) is 14.5. The lowest BCUT2D eigenvalue weighted by Crippen LogP contribution is -2.12. The van der Waals surface area contributed by atoms with Crippen LogP contribution in [0.15, 0.2) is 29.6 Å². The molecular formula is C13H12N2O4S. The molecule has 0 fully saturated rings. The molecular weight excluding hydrogens is 280 g/mol. The number of nitrogens with zero attached hydrogens (tertiary/aromatic N) is 1. The Balaban J connectivity index is 2.07. The monoisotopic (exact) mass is 292 g/mol. The number of methoxy groups -OCH3 is 1. The Morgan fingerprint density at radius 1 is 1.45 bits per heavy atom. The third kappa shape index (κ3) is 3.55. The summed E-state index contributed by atoms with van der Waals surface area (Å²) in [5, 5.41) is 13.3. The van der Waals surface area contributed by atoms with Crippen LogP contribution in [0, 0.1) is 0 Å². The van der Waals surface area contributed by atoms with E-state index < -0.39 is 5.97 Å². The molecule has 0 spiro atoms. The van der Waals surface area contributed by atoms with Crippen LogP contribution in [0.5, 0.6) is 5.75 Å². The Bertz CT molecular complexity index is 639. The number of hydrogen-bond donors (Lipinski definition) is 2. The van der Waals surface area contributed by atoms with E-state index in [0.717, 1.165) is 0 Å². The summed E-state index contributed by atoms with van der Waals surface area (Å²) in [6, 6.07) is 6.72. The first-order valence-corrected chi connectivity index (χ1v) is 6.58. The van der Waals surface area contributed by atoms with Crippen molar-refractivity contribution in [1.82, 2.24) is 4.98 Å². The average Bonchev–Trinajstić information content (AvgIpc) is 2.85. The Hall–Kier alpha value is -2.41. The molecule has 2 N–H and O–H groups in total. The van der Waals surface area contributed by atoms with Gasteiger partial charge in [0.1, 0.15) is 5.75 Å². The number of carboxylic acid groups (broad SMARTS) is 1. The highest BCUT2D eigenvalue weighted by Gasteiger charge is 2.11. The van der Waals surface area contributed by atoms with Gasteiger partial charge in [-0.3, -0.25) is 14.9 Å². The molecule has 7 heteroatoms. The molecule has 0 aliphatic carbocycles. The van der Waals surface area contributed by atoms with Crippen LogP contribution in [0.3, 0.4) is 0 Å². The van der Waals surface area contributed by atoms with Crippen LogP contribution in [0.1, 0.15) is 16.1 Å². The predicted molar refractivity (Wildman–Crippen MR) is 74.4 cm³/mol. The Labute approximate surface area is 119 Å². The minimum Gasteiger partial charge on any atom is -0.497 e. The highest BCUT2D eigenvalue weighted by Crippen LogP contribution is 2.18. The zero-order valence-corrected chi connectivity index (χ0v) is 11.4. The summed E-state index contributed by atoms with van der Waals surface area (Å²) in [5.41, 5.74) is 0.864. The van der Waals surface area contributed by atoms with E-state index in [4.69, 9.17) is 9.84 Å². The maximum Gasteiger partial charge on any atom is 0.309 e. The van der Waals surface area contributed by atoms with Crippen LogP contribution < -0.4 is 10.1 Å². The SMILES string of the molecule is COc1cccc(C(=O)Nc2nc(CC(=O)O)cs2)c1. The number of hydrogen-bond acceptors (Lipinski definition) is 5. The maximum atomic E-state index is 12.0. The third-order valence-electron chi connectivity index (χ3n) is 2.44. The van der Waals surface area contributed by atoms with E-state index >= 15 is 0 Å². The lowest BCUT2D eigenvalue weighted by molar-refractivity contribution is -0.136. The summed E-state index contributed by atoms with van der Waals surface area (Å²) in [6.45, 7) is 0. The molecule has 20 heavy (non-hydrogen) atoms. The summed E-state index contributed by atoms with van der Waals surface area (Å²) < 4.78 is 5.04. The molecule has 0 saturated carbocycles. The van der Waals surface area contributed by atoms with E-state index in [1.54, 1.807) is 29.6 Å². The van der Waals surface area contributed by atoms with Crippen LogP contribution in [-0.4, -0.2) is 29.1 Å². The van der Waals surface area contributed by atoms with Gasteiger partial charge in [-0.25, -0.2) is 4.98 Å². The van der Waals surface area contributed by atoms with E-state index in [-0.39, 0.29) is 12.3 Å². The summed E-state index contributed by atoms with van der Waals surface area (Å²) >= 11 is 1.19. The molecule has 0 saturated heterocycles. The fraction of sp³-hybridized carbons (Fsp3) is 0.154. The van der Waals surface area contributed by atoms with E-state index in [9.17, 15) is 9.59 Å². The summed E-state index contributed by atoms with van der Waals surface area (Å²) in [5.74, 6) is -0.690. The number of amides is 1. The van der Waals surface area contributed by atoms with Gasteiger partial charge >= 0.3 is 5.97 Å². The number of nitrogens with one attached hydrogen (secondary N) is 1. The molecule has 0 atom stereocenters. The highest BCUT2D eigenvalue weighted by atomic mass is 32.1. The maximum absolute atomic E-state index is 12.0. The van der Waals surface area contributed by atoms with Gasteiger partial charge in [0.2, 0.25) is 0 Å². The molecule has 1 aromatic heterocycles. The summed E-state index contributed by atoms with van der Waals surface area (Å²) in [6.07, 6.45) is -0.161. The Morgan fingerprint density at radius 2 is 2.25 bits per heavy atom. The van der Waals surface area contributed by atoms with Crippen LogP contribution in [0.4, 0.5) is 5.13 Å². The second kappa shape index (κ2) is 6.16. The topological polar surface area (TPSA) is 88.5 Å².